The minimum absolute atomic E-state index is 0.148. The first kappa shape index (κ1) is 14.5. The number of rotatable bonds is 4. The van der Waals surface area contributed by atoms with E-state index in [9.17, 15) is 4.39 Å². The van der Waals surface area contributed by atoms with Gasteiger partial charge in [0, 0.05) is 11.0 Å². The van der Waals surface area contributed by atoms with Crippen LogP contribution in [0.25, 0.3) is 0 Å². The minimum Gasteiger partial charge on any atom is -0.308 e. The average Bonchev–Trinajstić information content (AvgIpc) is 2.74. The predicted octanol–water partition coefficient (Wildman–Crippen LogP) is 3.77. The summed E-state index contributed by atoms with van der Waals surface area (Å²) in [5.74, 6) is -0.277. The van der Waals surface area contributed by atoms with Gasteiger partial charge in [0.25, 0.3) is 0 Å². The molecule has 2 aromatic rings. The van der Waals surface area contributed by atoms with Crippen LogP contribution in [-0.2, 0) is 6.54 Å². The van der Waals surface area contributed by atoms with Crippen molar-refractivity contribution in [1.82, 2.24) is 15.1 Å². The molecule has 0 bridgehead atoms. The Labute approximate surface area is 124 Å². The fourth-order valence-electron chi connectivity index (χ4n) is 2.09. The zero-order valence-corrected chi connectivity index (χ0v) is 13.0. The fraction of sp³-hybridized carbons (Fsp3) is 0.308. The van der Waals surface area contributed by atoms with Crippen molar-refractivity contribution in [3.8, 4) is 0 Å². The van der Waals surface area contributed by atoms with Crippen molar-refractivity contribution in [3.05, 3.63) is 51.0 Å². The van der Waals surface area contributed by atoms with Crippen molar-refractivity contribution in [3.63, 3.8) is 0 Å². The largest absolute Gasteiger partial charge is 0.308 e. The van der Waals surface area contributed by atoms with Crippen LogP contribution >= 0.6 is 27.5 Å². The fourth-order valence-corrected chi connectivity index (χ4v) is 2.92. The van der Waals surface area contributed by atoms with Gasteiger partial charge in [0.05, 0.1) is 23.0 Å². The lowest BCUT2D eigenvalue weighted by molar-refractivity contribution is 0.560. The van der Waals surface area contributed by atoms with Crippen LogP contribution in [0.1, 0.15) is 24.2 Å². The van der Waals surface area contributed by atoms with Gasteiger partial charge in [-0.25, -0.2) is 4.39 Å². The Balaban J connectivity index is 2.52. The molecule has 1 aromatic heterocycles. The normalized spacial score (nSPS) is 12.7. The lowest BCUT2D eigenvalue weighted by Gasteiger charge is -2.20. The van der Waals surface area contributed by atoms with Crippen LogP contribution in [-0.4, -0.2) is 16.8 Å². The number of hydrogen-bond acceptors (Lipinski definition) is 2. The van der Waals surface area contributed by atoms with E-state index in [2.05, 4.69) is 26.3 Å². The minimum atomic E-state index is -0.277. The molecule has 0 amide bonds. The number of nitrogens with one attached hydrogen (secondary N) is 1. The second-order valence-corrected chi connectivity index (χ2v) is 5.34. The summed E-state index contributed by atoms with van der Waals surface area (Å²) >= 11 is 9.61. The quantitative estimate of drug-likeness (QED) is 0.913. The number of benzene rings is 1. The monoisotopic (exact) mass is 345 g/mol. The molecule has 0 aliphatic rings. The van der Waals surface area contributed by atoms with E-state index in [0.717, 1.165) is 17.8 Å². The third-order valence-corrected chi connectivity index (χ3v) is 3.95. The van der Waals surface area contributed by atoms with E-state index in [0.29, 0.717) is 9.50 Å². The Morgan fingerprint density at radius 3 is 2.84 bits per heavy atom. The van der Waals surface area contributed by atoms with Crippen molar-refractivity contribution in [2.24, 2.45) is 0 Å². The summed E-state index contributed by atoms with van der Waals surface area (Å²) in [6, 6.07) is 4.47. The molecule has 0 fully saturated rings. The highest BCUT2D eigenvalue weighted by Gasteiger charge is 2.22. The van der Waals surface area contributed by atoms with E-state index in [4.69, 9.17) is 11.6 Å². The molecule has 1 atom stereocenters. The van der Waals surface area contributed by atoms with Gasteiger partial charge >= 0.3 is 0 Å². The molecule has 6 heteroatoms. The Bertz CT molecular complexity index is 585. The van der Waals surface area contributed by atoms with E-state index < -0.39 is 0 Å². The average molecular weight is 347 g/mol. The molecule has 2 rings (SSSR count). The molecule has 0 saturated heterocycles. The molecular weight excluding hydrogens is 333 g/mol. The van der Waals surface area contributed by atoms with Crippen molar-refractivity contribution in [2.75, 3.05) is 7.05 Å². The van der Waals surface area contributed by atoms with Gasteiger partial charge in [-0.15, -0.1) is 0 Å². The molecule has 0 spiro atoms. The van der Waals surface area contributed by atoms with Gasteiger partial charge in [0.15, 0.2) is 0 Å². The standard InChI is InChI=1S/C13H14BrClFN3/c1-3-19-13(11(15)7-18-19)12(17-2)9-5-4-8(16)6-10(9)14/h4-7,12,17H,3H2,1-2H3. The first-order valence-corrected chi connectivity index (χ1v) is 7.09. The Hall–Kier alpha value is -0.910. The Kier molecular flexibility index (Phi) is 4.60. The maximum atomic E-state index is 13.2. The zero-order chi connectivity index (χ0) is 14.0. The third-order valence-electron chi connectivity index (χ3n) is 2.97. The zero-order valence-electron chi connectivity index (χ0n) is 10.6. The molecule has 102 valence electrons. The van der Waals surface area contributed by atoms with E-state index in [1.54, 1.807) is 12.3 Å². The van der Waals surface area contributed by atoms with Gasteiger partial charge in [0.2, 0.25) is 0 Å². The lowest BCUT2D eigenvalue weighted by Crippen LogP contribution is -2.22. The van der Waals surface area contributed by atoms with E-state index >= 15 is 0 Å². The van der Waals surface area contributed by atoms with Crippen LogP contribution in [0.4, 0.5) is 4.39 Å². The highest BCUT2D eigenvalue weighted by Crippen LogP contribution is 2.32. The second-order valence-electron chi connectivity index (χ2n) is 4.08. The summed E-state index contributed by atoms with van der Waals surface area (Å²) in [5.41, 5.74) is 1.79. The summed E-state index contributed by atoms with van der Waals surface area (Å²) in [5, 5.41) is 8.02. The number of nitrogens with zero attached hydrogens (tertiary/aromatic N) is 2. The molecular formula is C13H14BrClFN3. The van der Waals surface area contributed by atoms with Gasteiger partial charge in [-0.1, -0.05) is 33.6 Å². The van der Waals surface area contributed by atoms with E-state index in [1.165, 1.54) is 12.1 Å². The molecule has 1 unspecified atom stereocenters. The van der Waals surface area contributed by atoms with Crippen LogP contribution in [0.5, 0.6) is 0 Å². The molecule has 19 heavy (non-hydrogen) atoms. The van der Waals surface area contributed by atoms with Gasteiger partial charge in [-0.3, -0.25) is 4.68 Å². The van der Waals surface area contributed by atoms with Crippen LogP contribution < -0.4 is 5.32 Å². The van der Waals surface area contributed by atoms with Crippen molar-refractivity contribution in [1.29, 1.82) is 0 Å². The maximum Gasteiger partial charge on any atom is 0.124 e. The summed E-state index contributed by atoms with van der Waals surface area (Å²) in [7, 11) is 1.84. The number of hydrogen-bond donors (Lipinski definition) is 1. The predicted molar refractivity (Wildman–Crippen MR) is 77.9 cm³/mol. The summed E-state index contributed by atoms with van der Waals surface area (Å²) in [6.45, 7) is 2.72. The highest BCUT2D eigenvalue weighted by atomic mass is 79.9. The molecule has 1 aromatic carbocycles. The maximum absolute atomic E-state index is 13.2. The lowest BCUT2D eigenvalue weighted by atomic mass is 10.0. The summed E-state index contributed by atoms with van der Waals surface area (Å²) in [6.07, 6.45) is 1.63. The number of aromatic nitrogens is 2. The van der Waals surface area contributed by atoms with Crippen LogP contribution in [0, 0.1) is 5.82 Å². The Morgan fingerprint density at radius 1 is 1.53 bits per heavy atom. The van der Waals surface area contributed by atoms with Crippen LogP contribution in [0.15, 0.2) is 28.9 Å². The van der Waals surface area contributed by atoms with Gasteiger partial charge in [-0.05, 0) is 31.7 Å². The summed E-state index contributed by atoms with van der Waals surface area (Å²) < 4.78 is 15.7. The Morgan fingerprint density at radius 2 is 2.26 bits per heavy atom. The molecule has 0 aliphatic carbocycles. The molecule has 1 N–H and O–H groups in total. The van der Waals surface area contributed by atoms with Crippen LogP contribution in [0.3, 0.4) is 0 Å². The first-order valence-electron chi connectivity index (χ1n) is 5.91. The van der Waals surface area contributed by atoms with Crippen molar-refractivity contribution in [2.45, 2.75) is 19.5 Å². The number of aryl methyl sites for hydroxylation is 1. The molecule has 0 saturated carbocycles. The first-order chi connectivity index (χ1) is 9.08. The number of halogens is 3. The highest BCUT2D eigenvalue weighted by molar-refractivity contribution is 9.10. The second kappa shape index (κ2) is 6.03. The van der Waals surface area contributed by atoms with E-state index in [1.807, 2.05) is 18.7 Å². The SMILES string of the molecule is CCn1ncc(Cl)c1C(NC)c1ccc(F)cc1Br. The van der Waals surface area contributed by atoms with Crippen molar-refractivity contribution < 1.29 is 4.39 Å². The molecule has 0 radical (unpaired) electrons. The smallest absolute Gasteiger partial charge is 0.124 e. The van der Waals surface area contributed by atoms with Gasteiger partial charge in [0.1, 0.15) is 5.82 Å². The third kappa shape index (κ3) is 2.83. The summed E-state index contributed by atoms with van der Waals surface area (Å²) in [4.78, 5) is 0. The van der Waals surface area contributed by atoms with Gasteiger partial charge in [-0.2, -0.15) is 5.10 Å². The topological polar surface area (TPSA) is 29.9 Å². The van der Waals surface area contributed by atoms with Gasteiger partial charge < -0.3 is 5.32 Å². The van der Waals surface area contributed by atoms with Crippen LogP contribution in [0.2, 0.25) is 5.02 Å². The van der Waals surface area contributed by atoms with E-state index in [-0.39, 0.29) is 11.9 Å². The molecule has 3 nitrogen and oxygen atoms in total. The molecule has 0 aliphatic heterocycles. The molecule has 1 heterocycles. The van der Waals surface area contributed by atoms with Crippen molar-refractivity contribution >= 4 is 27.5 Å².